The van der Waals surface area contributed by atoms with E-state index in [4.69, 9.17) is 11.6 Å². The van der Waals surface area contributed by atoms with Crippen molar-refractivity contribution in [2.24, 2.45) is 17.8 Å². The van der Waals surface area contributed by atoms with Gasteiger partial charge < -0.3 is 5.11 Å². The second-order valence-electron chi connectivity index (χ2n) is 5.63. The Balaban J connectivity index is 2.11. The third-order valence-electron chi connectivity index (χ3n) is 4.37. The molecule has 3 unspecified atom stereocenters. The Bertz CT molecular complexity index is 444. The van der Waals surface area contributed by atoms with Gasteiger partial charge in [0.2, 0.25) is 0 Å². The van der Waals surface area contributed by atoms with Crippen molar-refractivity contribution in [1.29, 1.82) is 0 Å². The van der Waals surface area contributed by atoms with Gasteiger partial charge in [0.1, 0.15) is 0 Å². The van der Waals surface area contributed by atoms with Crippen LogP contribution in [0.4, 0.5) is 0 Å². The Morgan fingerprint density at radius 3 is 2.84 bits per heavy atom. The van der Waals surface area contributed by atoms with E-state index in [1.54, 1.807) is 0 Å². The molecule has 1 aliphatic carbocycles. The number of rotatable bonds is 4. The normalized spacial score (nSPS) is 27.2. The number of hydrogen-bond acceptors (Lipinski definition) is 1. The van der Waals surface area contributed by atoms with Gasteiger partial charge in [-0.05, 0) is 55.2 Å². The van der Waals surface area contributed by atoms with Gasteiger partial charge in [0.25, 0.3) is 0 Å². The molecule has 0 bridgehead atoms. The molecule has 19 heavy (non-hydrogen) atoms. The van der Waals surface area contributed by atoms with Crippen LogP contribution in [0.15, 0.2) is 24.3 Å². The molecule has 3 heteroatoms. The minimum atomic E-state index is -0.637. The summed E-state index contributed by atoms with van der Waals surface area (Å²) < 4.78 is 0. The first-order valence-electron chi connectivity index (χ1n) is 7.07. The minimum absolute atomic E-state index is 0.193. The highest BCUT2D eigenvalue weighted by Gasteiger charge is 2.34. The third-order valence-corrected chi connectivity index (χ3v) is 4.61. The van der Waals surface area contributed by atoms with E-state index in [0.717, 1.165) is 42.7 Å². The lowest BCUT2D eigenvalue weighted by molar-refractivity contribution is -0.145. The molecule has 0 saturated heterocycles. The van der Waals surface area contributed by atoms with Crippen molar-refractivity contribution in [3.8, 4) is 0 Å². The summed E-state index contributed by atoms with van der Waals surface area (Å²) in [5.41, 5.74) is 1.15. The van der Waals surface area contributed by atoms with Crippen molar-refractivity contribution in [2.75, 3.05) is 0 Å². The summed E-state index contributed by atoms with van der Waals surface area (Å²) in [6.07, 6.45) is 4.88. The predicted molar refractivity (Wildman–Crippen MR) is 77.4 cm³/mol. The maximum absolute atomic E-state index is 11.4. The van der Waals surface area contributed by atoms with Crippen molar-refractivity contribution < 1.29 is 9.90 Å². The van der Waals surface area contributed by atoms with Gasteiger partial charge in [0.15, 0.2) is 0 Å². The van der Waals surface area contributed by atoms with Crippen molar-refractivity contribution in [3.63, 3.8) is 0 Å². The van der Waals surface area contributed by atoms with Gasteiger partial charge in [0.05, 0.1) is 5.92 Å². The van der Waals surface area contributed by atoms with Crippen molar-refractivity contribution in [2.45, 2.75) is 39.0 Å². The Morgan fingerprint density at radius 2 is 2.21 bits per heavy atom. The molecule has 1 aliphatic rings. The van der Waals surface area contributed by atoms with Gasteiger partial charge in [-0.1, -0.05) is 37.1 Å². The number of carboxylic acids is 1. The van der Waals surface area contributed by atoms with Crippen LogP contribution in [0.1, 0.15) is 38.2 Å². The van der Waals surface area contributed by atoms with Crippen LogP contribution in [-0.4, -0.2) is 11.1 Å². The minimum Gasteiger partial charge on any atom is -0.481 e. The van der Waals surface area contributed by atoms with Crippen molar-refractivity contribution in [3.05, 3.63) is 34.9 Å². The van der Waals surface area contributed by atoms with E-state index < -0.39 is 5.97 Å². The molecule has 0 heterocycles. The maximum Gasteiger partial charge on any atom is 0.306 e. The van der Waals surface area contributed by atoms with E-state index in [1.807, 2.05) is 24.3 Å². The molecule has 3 atom stereocenters. The highest BCUT2D eigenvalue weighted by Crippen LogP contribution is 2.37. The fraction of sp³-hybridized carbons (Fsp3) is 0.562. The summed E-state index contributed by atoms with van der Waals surface area (Å²) in [6, 6.07) is 7.79. The van der Waals surface area contributed by atoms with Crippen LogP contribution in [0, 0.1) is 17.8 Å². The fourth-order valence-electron chi connectivity index (χ4n) is 3.25. The van der Waals surface area contributed by atoms with Crippen LogP contribution >= 0.6 is 11.6 Å². The van der Waals surface area contributed by atoms with E-state index in [1.165, 1.54) is 0 Å². The predicted octanol–water partition coefficient (Wildman–Crippen LogP) is 4.41. The highest BCUT2D eigenvalue weighted by atomic mass is 35.5. The Labute approximate surface area is 119 Å². The monoisotopic (exact) mass is 280 g/mol. The third kappa shape index (κ3) is 3.73. The molecule has 0 radical (unpaired) electrons. The Morgan fingerprint density at radius 1 is 1.42 bits per heavy atom. The van der Waals surface area contributed by atoms with Gasteiger partial charge >= 0.3 is 5.97 Å². The van der Waals surface area contributed by atoms with Crippen LogP contribution in [0.5, 0.6) is 0 Å². The quantitative estimate of drug-likeness (QED) is 0.887. The zero-order chi connectivity index (χ0) is 13.8. The summed E-state index contributed by atoms with van der Waals surface area (Å²) in [6.45, 7) is 2.20. The van der Waals surface area contributed by atoms with Crippen molar-refractivity contribution >= 4 is 17.6 Å². The average molecular weight is 281 g/mol. The number of hydrogen-bond donors (Lipinski definition) is 1. The zero-order valence-corrected chi connectivity index (χ0v) is 12.1. The molecule has 2 rings (SSSR count). The summed E-state index contributed by atoms with van der Waals surface area (Å²) in [5, 5.41) is 10.1. The lowest BCUT2D eigenvalue weighted by Gasteiger charge is -2.33. The smallest absolute Gasteiger partial charge is 0.306 e. The lowest BCUT2D eigenvalue weighted by atomic mass is 9.71. The van der Waals surface area contributed by atoms with Gasteiger partial charge in [-0.2, -0.15) is 0 Å². The standard InChI is InChI=1S/C16H21ClO2/c1-2-11-6-7-15(16(18)19)13(8-11)9-12-4-3-5-14(17)10-12/h3-5,10-11,13,15H,2,6-9H2,1H3,(H,18,19). The molecule has 104 valence electrons. The molecular formula is C16H21ClO2. The van der Waals surface area contributed by atoms with E-state index >= 15 is 0 Å². The Hall–Kier alpha value is -1.02. The van der Waals surface area contributed by atoms with Crippen LogP contribution in [0.2, 0.25) is 5.02 Å². The molecule has 1 N–H and O–H groups in total. The van der Waals surface area contributed by atoms with E-state index in [9.17, 15) is 9.90 Å². The molecule has 0 aliphatic heterocycles. The van der Waals surface area contributed by atoms with Crippen LogP contribution in [0.25, 0.3) is 0 Å². The van der Waals surface area contributed by atoms with Gasteiger partial charge in [-0.25, -0.2) is 0 Å². The zero-order valence-electron chi connectivity index (χ0n) is 11.3. The maximum atomic E-state index is 11.4. The van der Waals surface area contributed by atoms with Crippen molar-refractivity contribution in [1.82, 2.24) is 0 Å². The molecule has 1 aromatic rings. The topological polar surface area (TPSA) is 37.3 Å². The van der Waals surface area contributed by atoms with E-state index in [0.29, 0.717) is 5.92 Å². The summed E-state index contributed by atoms with van der Waals surface area (Å²) >= 11 is 6.00. The average Bonchev–Trinajstić information content (AvgIpc) is 2.38. The molecular weight excluding hydrogens is 260 g/mol. The van der Waals surface area contributed by atoms with E-state index in [2.05, 4.69) is 6.92 Å². The number of carboxylic acid groups (broad SMARTS) is 1. The molecule has 0 amide bonds. The van der Waals surface area contributed by atoms with Crippen LogP contribution in [-0.2, 0) is 11.2 Å². The summed E-state index contributed by atoms with van der Waals surface area (Å²) in [7, 11) is 0. The number of halogens is 1. The number of carbonyl (C=O) groups is 1. The van der Waals surface area contributed by atoms with E-state index in [-0.39, 0.29) is 11.8 Å². The Kier molecular flexibility index (Phi) is 4.87. The summed E-state index contributed by atoms with van der Waals surface area (Å²) in [5.74, 6) is 0.0952. The first kappa shape index (κ1) is 14.4. The first-order chi connectivity index (χ1) is 9.10. The highest BCUT2D eigenvalue weighted by molar-refractivity contribution is 6.30. The van der Waals surface area contributed by atoms with Gasteiger partial charge in [0, 0.05) is 5.02 Å². The first-order valence-corrected chi connectivity index (χ1v) is 7.45. The molecule has 1 saturated carbocycles. The fourth-order valence-corrected chi connectivity index (χ4v) is 3.46. The molecule has 1 aromatic carbocycles. The number of benzene rings is 1. The second-order valence-corrected chi connectivity index (χ2v) is 6.06. The van der Waals surface area contributed by atoms with Crippen LogP contribution in [0.3, 0.4) is 0 Å². The molecule has 0 aromatic heterocycles. The lowest BCUT2D eigenvalue weighted by Crippen LogP contribution is -2.31. The SMILES string of the molecule is CCC1CCC(C(=O)O)C(Cc2cccc(Cl)c2)C1. The largest absolute Gasteiger partial charge is 0.481 e. The van der Waals surface area contributed by atoms with Gasteiger partial charge in [-0.15, -0.1) is 0 Å². The molecule has 2 nitrogen and oxygen atoms in total. The second kappa shape index (κ2) is 6.42. The van der Waals surface area contributed by atoms with Crippen LogP contribution < -0.4 is 0 Å². The summed E-state index contributed by atoms with van der Waals surface area (Å²) in [4.78, 5) is 11.4. The molecule has 0 spiro atoms. The number of aliphatic carboxylic acids is 1. The molecule has 1 fully saturated rings. The van der Waals surface area contributed by atoms with Gasteiger partial charge in [-0.3, -0.25) is 4.79 Å².